The van der Waals surface area contributed by atoms with Crippen LogP contribution in [0.5, 0.6) is 0 Å². The quantitative estimate of drug-likeness (QED) is 0.522. The van der Waals surface area contributed by atoms with E-state index in [1.165, 1.54) is 25.1 Å². The Bertz CT molecular complexity index is 1240. The fourth-order valence-corrected chi connectivity index (χ4v) is 4.88. The Morgan fingerprint density at radius 1 is 1.00 bits per heavy atom. The summed E-state index contributed by atoms with van der Waals surface area (Å²) in [5.74, 6) is 1.55. The van der Waals surface area contributed by atoms with E-state index in [1.54, 1.807) is 6.20 Å². The first-order valence-electron chi connectivity index (χ1n) is 10.6. The molecule has 0 amide bonds. The molecule has 5 rings (SSSR count). The van der Waals surface area contributed by atoms with Gasteiger partial charge in [-0.3, -0.25) is 4.90 Å². The summed E-state index contributed by atoms with van der Waals surface area (Å²) < 4.78 is 0. The fourth-order valence-electron chi connectivity index (χ4n) is 4.88. The van der Waals surface area contributed by atoms with Crippen LogP contribution in [0.2, 0.25) is 0 Å². The minimum Gasteiger partial charge on any atom is -0.338 e. The number of hydrogen-bond acceptors (Lipinski definition) is 4. The maximum Gasteiger partial charge on any atom is 0.141 e. The molecule has 4 aromatic rings. The number of rotatable bonds is 3. The zero-order valence-electron chi connectivity index (χ0n) is 17.4. The van der Waals surface area contributed by atoms with E-state index in [0.717, 1.165) is 51.4 Å². The van der Waals surface area contributed by atoms with Gasteiger partial charge in [0.05, 0.1) is 11.7 Å². The van der Waals surface area contributed by atoms with E-state index in [1.807, 2.05) is 12.3 Å². The molecular formula is C25H25N5. The largest absolute Gasteiger partial charge is 0.338 e. The molecule has 5 heteroatoms. The van der Waals surface area contributed by atoms with Crippen LogP contribution in [0.3, 0.4) is 0 Å². The van der Waals surface area contributed by atoms with Crippen molar-refractivity contribution >= 4 is 21.9 Å². The van der Waals surface area contributed by atoms with Crippen LogP contribution in [0.4, 0.5) is 0 Å². The molecule has 1 aromatic carbocycles. The van der Waals surface area contributed by atoms with E-state index in [9.17, 15) is 0 Å². The smallest absolute Gasteiger partial charge is 0.141 e. The number of nitrogens with one attached hydrogen (secondary N) is 1. The van der Waals surface area contributed by atoms with Gasteiger partial charge in [0.15, 0.2) is 0 Å². The lowest BCUT2D eigenvalue weighted by atomic mass is 9.91. The van der Waals surface area contributed by atoms with Gasteiger partial charge in [-0.2, -0.15) is 5.26 Å². The zero-order chi connectivity index (χ0) is 20.7. The summed E-state index contributed by atoms with van der Waals surface area (Å²) in [5, 5.41) is 11.2. The maximum absolute atomic E-state index is 9.17. The normalized spacial score (nSPS) is 19.9. The average molecular weight is 396 g/mol. The van der Waals surface area contributed by atoms with E-state index in [2.05, 4.69) is 70.1 Å². The molecule has 5 nitrogen and oxygen atoms in total. The lowest BCUT2D eigenvalue weighted by Crippen LogP contribution is -2.38. The van der Waals surface area contributed by atoms with Gasteiger partial charge in [-0.1, -0.05) is 38.1 Å². The summed E-state index contributed by atoms with van der Waals surface area (Å²) >= 11 is 0. The summed E-state index contributed by atoms with van der Waals surface area (Å²) in [4.78, 5) is 14.6. The molecule has 3 aromatic heterocycles. The van der Waals surface area contributed by atoms with E-state index < -0.39 is 0 Å². The molecule has 0 aliphatic carbocycles. The number of aromatic nitrogens is 3. The zero-order valence-corrected chi connectivity index (χ0v) is 17.4. The second-order valence-electron chi connectivity index (χ2n) is 8.81. The average Bonchev–Trinajstić information content (AvgIpc) is 3.10. The van der Waals surface area contributed by atoms with Crippen LogP contribution in [0, 0.1) is 23.2 Å². The van der Waals surface area contributed by atoms with Gasteiger partial charge in [0.1, 0.15) is 17.4 Å². The molecule has 0 saturated carbocycles. The summed E-state index contributed by atoms with van der Waals surface area (Å²) in [6.45, 7) is 8.10. The highest BCUT2D eigenvalue weighted by molar-refractivity contribution is 6.06. The van der Waals surface area contributed by atoms with Crippen molar-refractivity contribution in [2.24, 2.45) is 11.8 Å². The third kappa shape index (κ3) is 3.55. The van der Waals surface area contributed by atoms with Crippen LogP contribution in [0.25, 0.3) is 33.1 Å². The number of aromatic amines is 1. The Balaban J connectivity index is 1.42. The van der Waals surface area contributed by atoms with Gasteiger partial charge >= 0.3 is 0 Å². The van der Waals surface area contributed by atoms with Crippen LogP contribution in [0.15, 0.2) is 48.8 Å². The summed E-state index contributed by atoms with van der Waals surface area (Å²) in [5.41, 5.74) is 5.71. The second-order valence-corrected chi connectivity index (χ2v) is 8.81. The number of hydrogen-bond donors (Lipinski definition) is 1. The lowest BCUT2D eigenvalue weighted by Gasteiger charge is -2.35. The lowest BCUT2D eigenvalue weighted by molar-refractivity contribution is 0.134. The van der Waals surface area contributed by atoms with Crippen molar-refractivity contribution in [1.29, 1.82) is 5.26 Å². The molecule has 1 aliphatic rings. The first-order chi connectivity index (χ1) is 14.6. The van der Waals surface area contributed by atoms with Crippen LogP contribution < -0.4 is 0 Å². The monoisotopic (exact) mass is 395 g/mol. The molecule has 0 radical (unpaired) electrons. The number of likely N-dealkylation sites (tertiary alicyclic amines) is 1. The highest BCUT2D eigenvalue weighted by Crippen LogP contribution is 2.29. The molecule has 1 aliphatic heterocycles. The topological polar surface area (TPSA) is 68.6 Å². The molecule has 1 fully saturated rings. The van der Waals surface area contributed by atoms with Crippen molar-refractivity contribution in [2.75, 3.05) is 13.1 Å². The summed E-state index contributed by atoms with van der Waals surface area (Å²) in [6.07, 6.45) is 4.94. The van der Waals surface area contributed by atoms with Crippen molar-refractivity contribution < 1.29 is 0 Å². The third-order valence-electron chi connectivity index (χ3n) is 6.09. The van der Waals surface area contributed by atoms with E-state index >= 15 is 0 Å². The summed E-state index contributed by atoms with van der Waals surface area (Å²) in [7, 11) is 0. The first kappa shape index (κ1) is 18.8. The second kappa shape index (κ2) is 7.55. The van der Waals surface area contributed by atoms with Crippen LogP contribution >= 0.6 is 0 Å². The van der Waals surface area contributed by atoms with Gasteiger partial charge in [0, 0.05) is 42.2 Å². The Labute approximate surface area is 176 Å². The van der Waals surface area contributed by atoms with Gasteiger partial charge in [0.25, 0.3) is 0 Å². The number of piperidine rings is 1. The summed E-state index contributed by atoms with van der Waals surface area (Å²) in [6, 6.07) is 14.9. The van der Waals surface area contributed by atoms with E-state index in [4.69, 9.17) is 5.26 Å². The predicted molar refractivity (Wildman–Crippen MR) is 120 cm³/mol. The number of H-pyrrole nitrogens is 1. The molecule has 0 spiro atoms. The molecule has 2 atom stereocenters. The predicted octanol–water partition coefficient (Wildman–Crippen LogP) is 5.13. The fraction of sp³-hybridized carbons (Fsp3) is 0.320. The van der Waals surface area contributed by atoms with Crippen LogP contribution in [-0.2, 0) is 6.54 Å². The van der Waals surface area contributed by atoms with Crippen molar-refractivity contribution in [3.05, 3.63) is 60.0 Å². The SMILES string of the molecule is CC1C[C@H](C)CN(Cc2ccc(-c3cnc4[nH]c5cnc(C#N)cc5c4c3)cc2)C1. The number of fused-ring (bicyclic) bond motifs is 3. The number of pyridine rings is 2. The highest BCUT2D eigenvalue weighted by atomic mass is 15.1. The standard InChI is InChI=1S/C25H25N5/c1-16-7-17(2)14-30(13-16)15-18-3-5-19(6-4-18)20-8-23-22-9-21(10-26)27-12-24(22)29-25(23)28-11-20/h3-6,8-9,11-12,16-17H,7,13-15H2,1-2H3,(H,28,29)/t16-,17?/m0/s1. The van der Waals surface area contributed by atoms with Gasteiger partial charge < -0.3 is 4.98 Å². The Hall–Kier alpha value is -3.23. The first-order valence-corrected chi connectivity index (χ1v) is 10.6. The molecular weight excluding hydrogens is 370 g/mol. The third-order valence-corrected chi connectivity index (χ3v) is 6.09. The molecule has 4 heterocycles. The molecule has 1 unspecified atom stereocenters. The van der Waals surface area contributed by atoms with E-state index in [0.29, 0.717) is 5.69 Å². The van der Waals surface area contributed by atoms with Crippen LogP contribution in [-0.4, -0.2) is 32.9 Å². The minimum absolute atomic E-state index is 0.416. The van der Waals surface area contributed by atoms with Gasteiger partial charge in [-0.05, 0) is 41.5 Å². The molecule has 150 valence electrons. The molecule has 1 N–H and O–H groups in total. The number of nitrogens with zero attached hydrogens (tertiary/aromatic N) is 4. The molecule has 0 bridgehead atoms. The van der Waals surface area contributed by atoms with Crippen molar-refractivity contribution in [3.8, 4) is 17.2 Å². The maximum atomic E-state index is 9.17. The molecule has 30 heavy (non-hydrogen) atoms. The molecule has 1 saturated heterocycles. The van der Waals surface area contributed by atoms with Crippen molar-refractivity contribution in [3.63, 3.8) is 0 Å². The number of benzene rings is 1. The Morgan fingerprint density at radius 3 is 2.50 bits per heavy atom. The van der Waals surface area contributed by atoms with E-state index in [-0.39, 0.29) is 0 Å². The minimum atomic E-state index is 0.416. The van der Waals surface area contributed by atoms with Crippen LogP contribution in [0.1, 0.15) is 31.5 Å². The van der Waals surface area contributed by atoms with Gasteiger partial charge in [-0.25, -0.2) is 9.97 Å². The van der Waals surface area contributed by atoms with Gasteiger partial charge in [0.2, 0.25) is 0 Å². The van der Waals surface area contributed by atoms with Crippen molar-refractivity contribution in [2.45, 2.75) is 26.8 Å². The Morgan fingerprint density at radius 2 is 1.77 bits per heavy atom. The number of nitriles is 1. The Kier molecular flexibility index (Phi) is 4.72. The van der Waals surface area contributed by atoms with Gasteiger partial charge in [-0.15, -0.1) is 0 Å². The van der Waals surface area contributed by atoms with Crippen molar-refractivity contribution in [1.82, 2.24) is 19.9 Å². The highest BCUT2D eigenvalue weighted by Gasteiger charge is 2.21.